The van der Waals surface area contributed by atoms with Crippen LogP contribution < -0.4 is 10.5 Å². The summed E-state index contributed by atoms with van der Waals surface area (Å²) in [7, 11) is 0. The highest BCUT2D eigenvalue weighted by molar-refractivity contribution is 7.13. The number of aromatic nitrogens is 1. The highest BCUT2D eigenvalue weighted by atomic mass is 32.1. The summed E-state index contributed by atoms with van der Waals surface area (Å²) in [4.78, 5) is 40.1. The number of fused-ring (bicyclic) bond motifs is 1. The van der Waals surface area contributed by atoms with Gasteiger partial charge in [0.15, 0.2) is 0 Å². The number of hydrogen-bond acceptors (Lipinski definition) is 6. The first-order valence-electron chi connectivity index (χ1n) is 9.79. The molecule has 1 amide bonds. The van der Waals surface area contributed by atoms with E-state index in [2.05, 4.69) is 5.43 Å². The summed E-state index contributed by atoms with van der Waals surface area (Å²) in [5.74, 6) is -2.15. The number of hydrazine groups is 1. The Bertz CT molecular complexity index is 1290. The van der Waals surface area contributed by atoms with Crippen LogP contribution in [0.3, 0.4) is 0 Å². The second kappa shape index (κ2) is 7.69. The summed E-state index contributed by atoms with van der Waals surface area (Å²) >= 11 is 1.40. The average molecular weight is 443 g/mol. The molecule has 0 aliphatic heterocycles. The van der Waals surface area contributed by atoms with Gasteiger partial charge in [0.1, 0.15) is 0 Å². The van der Waals surface area contributed by atoms with Crippen LogP contribution in [0, 0.1) is 0 Å². The van der Waals surface area contributed by atoms with Gasteiger partial charge in [-0.1, -0.05) is 54.6 Å². The van der Waals surface area contributed by atoms with Crippen molar-refractivity contribution in [1.82, 2.24) is 10.1 Å². The first-order chi connectivity index (χ1) is 15.5. The van der Waals surface area contributed by atoms with Crippen molar-refractivity contribution in [3.63, 3.8) is 0 Å². The third-order valence-corrected chi connectivity index (χ3v) is 6.24. The number of thiophene rings is 1. The second-order valence-corrected chi connectivity index (χ2v) is 8.18. The normalized spacial score (nSPS) is 14.4. The summed E-state index contributed by atoms with van der Waals surface area (Å²) in [5.41, 5.74) is 1.42. The largest absolute Gasteiger partial charge is 0.361 e. The Labute approximate surface area is 187 Å². The zero-order valence-electron chi connectivity index (χ0n) is 16.6. The van der Waals surface area contributed by atoms with Crippen LogP contribution in [-0.2, 0) is 0 Å². The van der Waals surface area contributed by atoms with Gasteiger partial charge in [0.25, 0.3) is 11.6 Å². The van der Waals surface area contributed by atoms with E-state index < -0.39 is 23.2 Å². The maximum atomic E-state index is 13.4. The van der Waals surface area contributed by atoms with Gasteiger partial charge in [0.2, 0.25) is 11.6 Å². The smallest absolute Gasteiger partial charge is 0.288 e. The predicted molar refractivity (Wildman–Crippen MR) is 120 cm³/mol. The lowest BCUT2D eigenvalue weighted by Gasteiger charge is -2.30. The lowest BCUT2D eigenvalue weighted by atomic mass is 10.1. The second-order valence-electron chi connectivity index (χ2n) is 7.27. The molecular weight excluding hydrogens is 426 g/mol. The van der Waals surface area contributed by atoms with Gasteiger partial charge in [-0.25, -0.2) is 0 Å². The highest BCUT2D eigenvalue weighted by Gasteiger charge is 2.54. The Balaban J connectivity index is 1.50. The van der Waals surface area contributed by atoms with E-state index in [0.717, 1.165) is 15.6 Å². The Morgan fingerprint density at radius 2 is 1.50 bits per heavy atom. The van der Waals surface area contributed by atoms with Crippen molar-refractivity contribution in [2.75, 3.05) is 5.12 Å². The molecule has 0 spiro atoms. The summed E-state index contributed by atoms with van der Waals surface area (Å²) in [6.07, 6.45) is 3.13. The fourth-order valence-electron chi connectivity index (χ4n) is 3.62. The molecule has 2 heterocycles. The molecule has 7 nitrogen and oxygen atoms in total. The van der Waals surface area contributed by atoms with Crippen LogP contribution in [0.5, 0.6) is 0 Å². The number of nitrogens with zero attached hydrogens (tertiary/aromatic N) is 2. The quantitative estimate of drug-likeness (QED) is 0.281. The first-order valence-corrected chi connectivity index (χ1v) is 10.7. The third-order valence-electron chi connectivity index (χ3n) is 5.26. The first kappa shape index (κ1) is 20.1. The molecule has 1 aliphatic rings. The number of hydrogen-bond donors (Lipinski definition) is 2. The van der Waals surface area contributed by atoms with Crippen LogP contribution in [0.25, 0.3) is 10.4 Å². The lowest BCUT2D eigenvalue weighted by Crippen LogP contribution is -2.65. The maximum absolute atomic E-state index is 13.4. The van der Waals surface area contributed by atoms with Crippen molar-refractivity contribution in [1.29, 1.82) is 0 Å². The number of amides is 1. The van der Waals surface area contributed by atoms with Gasteiger partial charge >= 0.3 is 0 Å². The van der Waals surface area contributed by atoms with Crippen molar-refractivity contribution in [3.05, 3.63) is 107 Å². The van der Waals surface area contributed by atoms with Gasteiger partial charge < -0.3 is 5.11 Å². The minimum absolute atomic E-state index is 0.106. The molecule has 5 rings (SSSR count). The molecule has 0 saturated carbocycles. The van der Waals surface area contributed by atoms with Gasteiger partial charge in [-0.2, -0.15) is 10.5 Å². The molecule has 4 aromatic rings. The third kappa shape index (κ3) is 3.18. The van der Waals surface area contributed by atoms with E-state index in [4.69, 9.17) is 0 Å². The summed E-state index contributed by atoms with van der Waals surface area (Å²) in [6, 6.07) is 20.9. The van der Waals surface area contributed by atoms with Crippen molar-refractivity contribution in [2.45, 2.75) is 5.72 Å². The molecule has 0 saturated heterocycles. The molecule has 0 unspecified atom stereocenters. The summed E-state index contributed by atoms with van der Waals surface area (Å²) in [5, 5.41) is 13.7. The number of carbonyl (C=O) groups is 3. The molecule has 2 aromatic heterocycles. The van der Waals surface area contributed by atoms with E-state index in [-0.39, 0.29) is 11.1 Å². The van der Waals surface area contributed by atoms with E-state index in [1.165, 1.54) is 28.1 Å². The fourth-order valence-corrected chi connectivity index (χ4v) is 4.51. The predicted octanol–water partition coefficient (Wildman–Crippen LogP) is 3.27. The molecule has 0 atom stereocenters. The van der Waals surface area contributed by atoms with E-state index in [1.54, 1.807) is 48.1 Å². The van der Waals surface area contributed by atoms with Crippen molar-refractivity contribution in [3.8, 4) is 10.4 Å². The number of aliphatic hydroxyl groups is 1. The molecule has 0 fully saturated rings. The van der Waals surface area contributed by atoms with Crippen molar-refractivity contribution < 1.29 is 19.5 Å². The number of rotatable bonds is 5. The molecule has 1 aliphatic carbocycles. The minimum Gasteiger partial charge on any atom is -0.361 e. The van der Waals surface area contributed by atoms with E-state index in [9.17, 15) is 19.5 Å². The standard InChI is InChI=1S/C24H17N3O4S/c28-21-18-10-4-5-11-19(18)22(29)24(21,31)25-27(26-12-6-7-13-26)23(30)17-14-20(32-15-17)16-8-2-1-3-9-16/h1-15,25,31H. The summed E-state index contributed by atoms with van der Waals surface area (Å²) in [6.45, 7) is 0. The van der Waals surface area contributed by atoms with E-state index in [1.807, 2.05) is 30.3 Å². The van der Waals surface area contributed by atoms with Crippen molar-refractivity contribution >= 4 is 28.8 Å². The zero-order chi connectivity index (χ0) is 22.3. The number of benzene rings is 2. The van der Waals surface area contributed by atoms with Gasteiger partial charge in [-0.3, -0.25) is 19.1 Å². The monoisotopic (exact) mass is 443 g/mol. The molecule has 0 bridgehead atoms. The zero-order valence-corrected chi connectivity index (χ0v) is 17.5. The Morgan fingerprint density at radius 3 is 2.12 bits per heavy atom. The van der Waals surface area contributed by atoms with Gasteiger partial charge in [-0.15, -0.1) is 11.3 Å². The van der Waals surface area contributed by atoms with E-state index >= 15 is 0 Å². The minimum atomic E-state index is -2.60. The molecule has 8 heteroatoms. The molecular formula is C24H17N3O4S. The molecule has 2 aromatic carbocycles. The number of ketones is 2. The van der Waals surface area contributed by atoms with Crippen LogP contribution in [0.2, 0.25) is 0 Å². The topological polar surface area (TPSA) is 91.6 Å². The van der Waals surface area contributed by atoms with Crippen LogP contribution >= 0.6 is 11.3 Å². The average Bonchev–Trinajstić information content (AvgIpc) is 3.57. The van der Waals surface area contributed by atoms with Gasteiger partial charge in [-0.05, 0) is 23.8 Å². The molecule has 0 radical (unpaired) electrons. The highest BCUT2D eigenvalue weighted by Crippen LogP contribution is 2.30. The van der Waals surface area contributed by atoms with E-state index in [0.29, 0.717) is 5.56 Å². The van der Waals surface area contributed by atoms with Gasteiger partial charge in [0, 0.05) is 33.8 Å². The summed E-state index contributed by atoms with van der Waals surface area (Å²) < 4.78 is 1.36. The molecule has 158 valence electrons. The fraction of sp³-hybridized carbons (Fsp3) is 0.0417. The SMILES string of the molecule is O=C(c1csc(-c2ccccc2)c1)N(NC1(O)C(=O)c2ccccc2C1=O)n1cccc1. The number of nitrogens with one attached hydrogen (secondary N) is 1. The van der Waals surface area contributed by atoms with Crippen LogP contribution in [0.15, 0.2) is 90.6 Å². The van der Waals surface area contributed by atoms with Crippen molar-refractivity contribution in [2.24, 2.45) is 0 Å². The maximum Gasteiger partial charge on any atom is 0.288 e. The molecule has 32 heavy (non-hydrogen) atoms. The number of carbonyl (C=O) groups excluding carboxylic acids is 3. The van der Waals surface area contributed by atoms with Gasteiger partial charge in [0.05, 0.1) is 5.56 Å². The van der Waals surface area contributed by atoms with Crippen LogP contribution in [0.1, 0.15) is 31.1 Å². The number of Topliss-reactive ketones (excluding diaryl/α,β-unsaturated/α-hetero) is 2. The molecule has 2 N–H and O–H groups in total. The Hall–Kier alpha value is -3.85. The van der Waals surface area contributed by atoms with Crippen LogP contribution in [-0.4, -0.2) is 33.0 Å². The lowest BCUT2D eigenvalue weighted by molar-refractivity contribution is 0.0150. The Kier molecular flexibility index (Phi) is 4.82. The Morgan fingerprint density at radius 1 is 0.906 bits per heavy atom. The van der Waals surface area contributed by atoms with Crippen LogP contribution in [0.4, 0.5) is 0 Å².